The van der Waals surface area contributed by atoms with Gasteiger partial charge in [0.25, 0.3) is 0 Å². The van der Waals surface area contributed by atoms with Gasteiger partial charge in [0.2, 0.25) is 0 Å². The summed E-state index contributed by atoms with van der Waals surface area (Å²) in [7, 11) is 2.14. The lowest BCUT2D eigenvalue weighted by Crippen LogP contribution is -2.32. The van der Waals surface area contributed by atoms with Gasteiger partial charge >= 0.3 is 0 Å². The summed E-state index contributed by atoms with van der Waals surface area (Å²) in [6, 6.07) is 0. The fraction of sp³-hybridized carbons (Fsp3) is 0.923. The highest BCUT2D eigenvalue weighted by atomic mass is 16.1. The van der Waals surface area contributed by atoms with Gasteiger partial charge in [-0.1, -0.05) is 26.7 Å². The van der Waals surface area contributed by atoms with Crippen molar-refractivity contribution in [2.75, 3.05) is 20.1 Å². The molecule has 0 radical (unpaired) electrons. The van der Waals surface area contributed by atoms with E-state index in [2.05, 4.69) is 25.8 Å². The van der Waals surface area contributed by atoms with Crippen LogP contribution in [0, 0.1) is 11.8 Å². The van der Waals surface area contributed by atoms with Crippen LogP contribution in [0.4, 0.5) is 0 Å². The molecule has 1 unspecified atom stereocenters. The average molecular weight is 211 g/mol. The maximum Gasteiger partial charge on any atom is 0.137 e. The van der Waals surface area contributed by atoms with E-state index in [1.807, 2.05) is 0 Å². The molecule has 0 bridgehead atoms. The molecule has 1 aliphatic carbocycles. The number of Topliss-reactive ketones (excluding diaryl/α,β-unsaturated/α-hetero) is 1. The summed E-state index contributed by atoms with van der Waals surface area (Å²) in [5.41, 5.74) is 0. The van der Waals surface area contributed by atoms with Crippen LogP contribution in [0.1, 0.15) is 46.0 Å². The van der Waals surface area contributed by atoms with Gasteiger partial charge in [-0.05, 0) is 25.8 Å². The number of rotatable bonds is 4. The maximum absolute atomic E-state index is 11.8. The third-order valence-electron chi connectivity index (χ3n) is 3.14. The molecule has 0 amide bonds. The summed E-state index contributed by atoms with van der Waals surface area (Å²) in [5.74, 6) is 1.51. The van der Waals surface area contributed by atoms with Crippen LogP contribution < -0.4 is 0 Å². The molecule has 0 spiro atoms. The summed E-state index contributed by atoms with van der Waals surface area (Å²) in [6.07, 6.45) is 5.53. The predicted octanol–water partition coefficient (Wildman–Crippen LogP) is 2.72. The van der Waals surface area contributed by atoms with Crippen LogP contribution in [-0.2, 0) is 4.79 Å². The van der Waals surface area contributed by atoms with Gasteiger partial charge in [0.1, 0.15) is 5.78 Å². The van der Waals surface area contributed by atoms with Crippen LogP contribution in [0.3, 0.4) is 0 Å². The summed E-state index contributed by atoms with van der Waals surface area (Å²) in [4.78, 5) is 14.1. The molecule has 0 aliphatic heterocycles. The molecule has 15 heavy (non-hydrogen) atoms. The van der Waals surface area contributed by atoms with E-state index < -0.39 is 0 Å². The van der Waals surface area contributed by atoms with Crippen LogP contribution >= 0.6 is 0 Å². The Bertz CT molecular complexity index is 201. The Hall–Kier alpha value is -0.370. The lowest BCUT2D eigenvalue weighted by atomic mass is 9.98. The SMILES string of the molecule is CC(C)CN(C)CC1CCCCCC1=O. The summed E-state index contributed by atoms with van der Waals surface area (Å²) >= 11 is 0. The van der Waals surface area contributed by atoms with Crippen LogP contribution in [0.5, 0.6) is 0 Å². The van der Waals surface area contributed by atoms with Gasteiger partial charge in [0.15, 0.2) is 0 Å². The lowest BCUT2D eigenvalue weighted by Gasteiger charge is -2.23. The molecule has 1 atom stereocenters. The zero-order chi connectivity index (χ0) is 11.3. The third kappa shape index (κ3) is 4.78. The Balaban J connectivity index is 2.37. The van der Waals surface area contributed by atoms with Crippen molar-refractivity contribution in [2.24, 2.45) is 11.8 Å². The van der Waals surface area contributed by atoms with Gasteiger partial charge in [-0.2, -0.15) is 0 Å². The van der Waals surface area contributed by atoms with Crippen LogP contribution in [-0.4, -0.2) is 30.8 Å². The first-order valence-electron chi connectivity index (χ1n) is 6.31. The van der Waals surface area contributed by atoms with Crippen molar-refractivity contribution >= 4 is 5.78 Å². The summed E-state index contributed by atoms with van der Waals surface area (Å²) in [6.45, 7) is 6.53. The van der Waals surface area contributed by atoms with E-state index in [4.69, 9.17) is 0 Å². The van der Waals surface area contributed by atoms with Gasteiger partial charge in [0, 0.05) is 25.4 Å². The molecule has 0 aromatic rings. The van der Waals surface area contributed by atoms with Crippen molar-refractivity contribution in [3.05, 3.63) is 0 Å². The Morgan fingerprint density at radius 2 is 2.07 bits per heavy atom. The molecule has 1 saturated carbocycles. The largest absolute Gasteiger partial charge is 0.305 e. The van der Waals surface area contributed by atoms with Gasteiger partial charge < -0.3 is 4.90 Å². The average Bonchev–Trinajstić information content (AvgIpc) is 2.30. The molecule has 1 rings (SSSR count). The minimum absolute atomic E-state index is 0.316. The van der Waals surface area contributed by atoms with Gasteiger partial charge in [-0.25, -0.2) is 0 Å². The monoisotopic (exact) mass is 211 g/mol. The first-order valence-corrected chi connectivity index (χ1v) is 6.31. The first kappa shape index (κ1) is 12.7. The van der Waals surface area contributed by atoms with E-state index in [0.29, 0.717) is 17.6 Å². The van der Waals surface area contributed by atoms with Crippen molar-refractivity contribution in [3.63, 3.8) is 0 Å². The zero-order valence-corrected chi connectivity index (χ0v) is 10.5. The number of carbonyl (C=O) groups excluding carboxylic acids is 1. The number of carbonyl (C=O) groups is 1. The van der Waals surface area contributed by atoms with E-state index in [0.717, 1.165) is 32.4 Å². The van der Waals surface area contributed by atoms with E-state index in [9.17, 15) is 4.79 Å². The highest BCUT2D eigenvalue weighted by Crippen LogP contribution is 2.20. The van der Waals surface area contributed by atoms with Crippen molar-refractivity contribution in [2.45, 2.75) is 46.0 Å². The standard InChI is InChI=1S/C13H25NO/c1-11(2)9-14(3)10-12-7-5-4-6-8-13(12)15/h11-12H,4-10H2,1-3H3. The number of nitrogens with zero attached hydrogens (tertiary/aromatic N) is 1. The normalized spacial score (nSPS) is 23.5. The summed E-state index contributed by atoms with van der Waals surface area (Å²) in [5, 5.41) is 0. The van der Waals surface area contributed by atoms with Crippen LogP contribution in [0.25, 0.3) is 0 Å². The van der Waals surface area contributed by atoms with Crippen molar-refractivity contribution in [1.82, 2.24) is 4.90 Å². The smallest absolute Gasteiger partial charge is 0.137 e. The Morgan fingerprint density at radius 1 is 1.33 bits per heavy atom. The molecule has 0 aromatic heterocycles. The quantitative estimate of drug-likeness (QED) is 0.666. The fourth-order valence-electron chi connectivity index (χ4n) is 2.50. The Labute approximate surface area is 94.0 Å². The molecule has 0 N–H and O–H groups in total. The Kier molecular flexibility index (Phi) is 5.30. The molecule has 0 heterocycles. The fourth-order valence-corrected chi connectivity index (χ4v) is 2.50. The molecule has 1 fully saturated rings. The van der Waals surface area contributed by atoms with Crippen molar-refractivity contribution in [3.8, 4) is 0 Å². The van der Waals surface area contributed by atoms with E-state index in [1.54, 1.807) is 0 Å². The van der Waals surface area contributed by atoms with E-state index >= 15 is 0 Å². The number of hydrogen-bond donors (Lipinski definition) is 0. The van der Waals surface area contributed by atoms with Gasteiger partial charge in [-0.3, -0.25) is 4.79 Å². The van der Waals surface area contributed by atoms with Crippen molar-refractivity contribution in [1.29, 1.82) is 0 Å². The third-order valence-corrected chi connectivity index (χ3v) is 3.14. The van der Waals surface area contributed by atoms with E-state index in [-0.39, 0.29) is 0 Å². The molecule has 88 valence electrons. The second kappa shape index (κ2) is 6.26. The molecular weight excluding hydrogens is 186 g/mol. The highest BCUT2D eigenvalue weighted by Gasteiger charge is 2.21. The molecule has 2 heteroatoms. The molecule has 0 aromatic carbocycles. The second-order valence-corrected chi connectivity index (χ2v) is 5.38. The first-order chi connectivity index (χ1) is 7.09. The lowest BCUT2D eigenvalue weighted by molar-refractivity contribution is -0.123. The minimum atomic E-state index is 0.316. The molecule has 0 saturated heterocycles. The molecule has 1 aliphatic rings. The topological polar surface area (TPSA) is 20.3 Å². The van der Waals surface area contributed by atoms with Gasteiger partial charge in [0.05, 0.1) is 0 Å². The minimum Gasteiger partial charge on any atom is -0.305 e. The van der Waals surface area contributed by atoms with Crippen LogP contribution in [0.2, 0.25) is 0 Å². The Morgan fingerprint density at radius 3 is 2.73 bits per heavy atom. The van der Waals surface area contributed by atoms with Crippen molar-refractivity contribution < 1.29 is 4.79 Å². The molecular formula is C13H25NO. The zero-order valence-electron chi connectivity index (χ0n) is 10.5. The van der Waals surface area contributed by atoms with Gasteiger partial charge in [-0.15, -0.1) is 0 Å². The van der Waals surface area contributed by atoms with E-state index in [1.165, 1.54) is 12.8 Å². The number of ketones is 1. The maximum atomic E-state index is 11.8. The predicted molar refractivity (Wildman–Crippen MR) is 63.9 cm³/mol. The summed E-state index contributed by atoms with van der Waals surface area (Å²) < 4.78 is 0. The molecule has 2 nitrogen and oxygen atoms in total. The second-order valence-electron chi connectivity index (χ2n) is 5.38. The highest BCUT2D eigenvalue weighted by molar-refractivity contribution is 5.81. The number of hydrogen-bond acceptors (Lipinski definition) is 2. The van der Waals surface area contributed by atoms with Crippen LogP contribution in [0.15, 0.2) is 0 Å².